The van der Waals surface area contributed by atoms with E-state index in [2.05, 4.69) is 0 Å². The topological polar surface area (TPSA) is 113 Å². The quantitative estimate of drug-likeness (QED) is 0.581. The van der Waals surface area contributed by atoms with Crippen molar-refractivity contribution in [1.29, 1.82) is 0 Å². The van der Waals surface area contributed by atoms with Crippen molar-refractivity contribution in [3.8, 4) is 23.0 Å². The van der Waals surface area contributed by atoms with Crippen LogP contribution in [0.15, 0.2) is 23.0 Å². The smallest absolute Gasteiger partial charge is 0.338 e. The van der Waals surface area contributed by atoms with Crippen molar-refractivity contribution in [3.05, 3.63) is 34.0 Å². The first-order valence-corrected chi connectivity index (χ1v) is 6.37. The molecule has 0 aliphatic rings. The normalized spacial score (nSPS) is 10.5. The fourth-order valence-electron chi connectivity index (χ4n) is 2.05. The number of rotatable bonds is 3. The summed E-state index contributed by atoms with van der Waals surface area (Å²) in [5, 5.41) is 29.6. The van der Waals surface area contributed by atoms with Gasteiger partial charge in [0.15, 0.2) is 17.2 Å². The van der Waals surface area contributed by atoms with Gasteiger partial charge < -0.3 is 24.8 Å². The first kappa shape index (κ1) is 15.4. The van der Waals surface area contributed by atoms with Crippen LogP contribution in [-0.4, -0.2) is 35.0 Å². The Labute approximate surface area is 125 Å². The molecule has 2 rings (SSSR count). The lowest BCUT2D eigenvalue weighted by molar-refractivity contribution is 0.0526. The number of esters is 1. The highest BCUT2D eigenvalue weighted by Crippen LogP contribution is 2.43. The minimum atomic E-state index is -0.891. The van der Waals surface area contributed by atoms with Crippen LogP contribution in [0, 0.1) is 0 Å². The Morgan fingerprint density at radius 3 is 2.36 bits per heavy atom. The molecule has 0 heterocycles. The van der Waals surface area contributed by atoms with E-state index < -0.39 is 28.6 Å². The summed E-state index contributed by atoms with van der Waals surface area (Å²) in [4.78, 5) is 23.7. The van der Waals surface area contributed by atoms with Gasteiger partial charge in [0, 0.05) is 6.07 Å². The Morgan fingerprint density at radius 1 is 1.09 bits per heavy atom. The molecule has 0 saturated heterocycles. The van der Waals surface area contributed by atoms with Crippen molar-refractivity contribution < 1.29 is 29.6 Å². The number of ether oxygens (including phenoxy) is 2. The van der Waals surface area contributed by atoms with Crippen LogP contribution in [0.2, 0.25) is 0 Å². The Balaban J connectivity index is 2.93. The van der Waals surface area contributed by atoms with E-state index in [9.17, 15) is 24.9 Å². The van der Waals surface area contributed by atoms with Gasteiger partial charge in [0.1, 0.15) is 0 Å². The fourth-order valence-corrected chi connectivity index (χ4v) is 2.05. The third-order valence-corrected chi connectivity index (χ3v) is 3.07. The fraction of sp³-hybridized carbons (Fsp3) is 0.200. The van der Waals surface area contributed by atoms with Gasteiger partial charge in [-0.2, -0.15) is 0 Å². The molecule has 0 radical (unpaired) electrons. The van der Waals surface area contributed by atoms with Crippen LogP contribution in [0.4, 0.5) is 0 Å². The number of carbonyl (C=O) groups excluding carboxylic acids is 1. The third kappa shape index (κ3) is 2.48. The van der Waals surface area contributed by atoms with Crippen molar-refractivity contribution in [1.82, 2.24) is 0 Å². The maximum absolute atomic E-state index is 11.9. The first-order valence-electron chi connectivity index (χ1n) is 6.37. The second-order valence-corrected chi connectivity index (χ2v) is 4.42. The number of phenolic OH excluding ortho intramolecular Hbond substituents is 2. The second kappa shape index (κ2) is 5.80. The maximum Gasteiger partial charge on any atom is 0.338 e. The number of hydrogen-bond acceptors (Lipinski definition) is 7. The SMILES string of the molecule is CCOC(=O)c1cc(=O)c(O)c2c(O)c(O)c(OC)cc2c1. The van der Waals surface area contributed by atoms with Crippen molar-refractivity contribution >= 4 is 16.7 Å². The summed E-state index contributed by atoms with van der Waals surface area (Å²) < 4.78 is 9.72. The van der Waals surface area contributed by atoms with E-state index in [0.717, 1.165) is 6.07 Å². The zero-order chi connectivity index (χ0) is 16.4. The van der Waals surface area contributed by atoms with E-state index in [-0.39, 0.29) is 28.7 Å². The Kier molecular flexibility index (Phi) is 4.07. The minimum absolute atomic E-state index is 0.0714. The number of fused-ring (bicyclic) bond motifs is 1. The molecule has 0 fully saturated rings. The molecule has 0 aliphatic carbocycles. The molecular formula is C15H14O7. The standard InChI is InChI=1S/C15H14O7/c1-3-22-15(20)8-4-7-6-10(21-2)13(18)14(19)11(7)12(17)9(16)5-8/h4-6,18-19H,3H2,1-2H3,(H,16,17). The summed E-state index contributed by atoms with van der Waals surface area (Å²) in [5.74, 6) is -2.94. The molecule has 0 atom stereocenters. The van der Waals surface area contributed by atoms with Crippen LogP contribution in [-0.2, 0) is 4.74 Å². The second-order valence-electron chi connectivity index (χ2n) is 4.42. The van der Waals surface area contributed by atoms with E-state index in [1.54, 1.807) is 6.92 Å². The molecule has 0 amide bonds. The van der Waals surface area contributed by atoms with E-state index in [1.165, 1.54) is 19.2 Å². The highest BCUT2D eigenvalue weighted by molar-refractivity contribution is 6.00. The van der Waals surface area contributed by atoms with Crippen LogP contribution in [0.5, 0.6) is 23.0 Å². The molecule has 7 heteroatoms. The molecule has 0 saturated carbocycles. The molecule has 0 aromatic heterocycles. The number of phenols is 2. The molecule has 22 heavy (non-hydrogen) atoms. The number of aromatic hydroxyl groups is 3. The molecular weight excluding hydrogens is 292 g/mol. The molecule has 0 aliphatic heterocycles. The monoisotopic (exact) mass is 306 g/mol. The van der Waals surface area contributed by atoms with E-state index in [4.69, 9.17) is 9.47 Å². The largest absolute Gasteiger partial charge is 0.504 e. The van der Waals surface area contributed by atoms with Crippen molar-refractivity contribution in [2.24, 2.45) is 0 Å². The summed E-state index contributed by atoms with van der Waals surface area (Å²) in [6.07, 6.45) is 0. The predicted octanol–water partition coefficient (Wildman–Crippen LogP) is 1.50. The van der Waals surface area contributed by atoms with Crippen LogP contribution in [0.3, 0.4) is 0 Å². The molecule has 7 nitrogen and oxygen atoms in total. The number of hydrogen-bond donors (Lipinski definition) is 3. The summed E-state index contributed by atoms with van der Waals surface area (Å²) in [7, 11) is 1.27. The maximum atomic E-state index is 11.9. The van der Waals surface area contributed by atoms with Crippen molar-refractivity contribution in [2.75, 3.05) is 13.7 Å². The summed E-state index contributed by atoms with van der Waals surface area (Å²) >= 11 is 0. The van der Waals surface area contributed by atoms with Crippen LogP contribution in [0.1, 0.15) is 17.3 Å². The molecule has 0 bridgehead atoms. The summed E-state index contributed by atoms with van der Waals surface area (Å²) in [6, 6.07) is 3.44. The van der Waals surface area contributed by atoms with Gasteiger partial charge in [0.25, 0.3) is 0 Å². The van der Waals surface area contributed by atoms with Crippen LogP contribution >= 0.6 is 0 Å². The van der Waals surface area contributed by atoms with Gasteiger partial charge in [-0.05, 0) is 24.4 Å². The third-order valence-electron chi connectivity index (χ3n) is 3.07. The Bertz CT molecular complexity index is 811. The Morgan fingerprint density at radius 2 is 1.77 bits per heavy atom. The highest BCUT2D eigenvalue weighted by Gasteiger charge is 2.18. The minimum Gasteiger partial charge on any atom is -0.504 e. The molecule has 2 aromatic rings. The lowest BCUT2D eigenvalue weighted by atomic mass is 10.1. The van der Waals surface area contributed by atoms with E-state index in [0.29, 0.717) is 0 Å². The van der Waals surface area contributed by atoms with Gasteiger partial charge in [-0.15, -0.1) is 0 Å². The molecule has 2 aromatic carbocycles. The Hall–Kier alpha value is -2.96. The average molecular weight is 306 g/mol. The van der Waals surface area contributed by atoms with Crippen molar-refractivity contribution in [2.45, 2.75) is 6.92 Å². The predicted molar refractivity (Wildman–Crippen MR) is 77.7 cm³/mol. The van der Waals surface area contributed by atoms with Gasteiger partial charge in [0.05, 0.1) is 24.7 Å². The molecule has 116 valence electrons. The number of benzene rings is 1. The summed E-state index contributed by atoms with van der Waals surface area (Å²) in [5.41, 5.74) is -0.984. The van der Waals surface area contributed by atoms with Gasteiger partial charge in [-0.25, -0.2) is 4.79 Å². The first-order chi connectivity index (χ1) is 10.4. The highest BCUT2D eigenvalue weighted by atomic mass is 16.5. The van der Waals surface area contributed by atoms with Gasteiger partial charge in [-0.3, -0.25) is 4.79 Å². The summed E-state index contributed by atoms with van der Waals surface area (Å²) in [6.45, 7) is 1.73. The van der Waals surface area contributed by atoms with Crippen molar-refractivity contribution in [3.63, 3.8) is 0 Å². The van der Waals surface area contributed by atoms with Gasteiger partial charge in [-0.1, -0.05) is 0 Å². The zero-order valence-corrected chi connectivity index (χ0v) is 11.9. The van der Waals surface area contributed by atoms with E-state index >= 15 is 0 Å². The average Bonchev–Trinajstić information content (AvgIpc) is 2.61. The van der Waals surface area contributed by atoms with Gasteiger partial charge in [0.2, 0.25) is 11.2 Å². The number of carbonyl (C=O) groups is 1. The lowest BCUT2D eigenvalue weighted by Gasteiger charge is -2.07. The zero-order valence-electron chi connectivity index (χ0n) is 11.9. The van der Waals surface area contributed by atoms with Crippen LogP contribution in [0.25, 0.3) is 10.8 Å². The lowest BCUT2D eigenvalue weighted by Crippen LogP contribution is -2.06. The molecule has 0 spiro atoms. The van der Waals surface area contributed by atoms with E-state index in [1.807, 2.05) is 0 Å². The number of methoxy groups -OCH3 is 1. The molecule has 0 unspecified atom stereocenters. The van der Waals surface area contributed by atoms with Crippen LogP contribution < -0.4 is 10.2 Å². The van der Waals surface area contributed by atoms with Gasteiger partial charge >= 0.3 is 5.97 Å². The molecule has 3 N–H and O–H groups in total.